The van der Waals surface area contributed by atoms with Crippen LogP contribution in [0.2, 0.25) is 0 Å². The van der Waals surface area contributed by atoms with Gasteiger partial charge in [0.15, 0.2) is 0 Å². The van der Waals surface area contributed by atoms with E-state index in [0.29, 0.717) is 0 Å². The molecule has 0 unspecified atom stereocenters. The molecule has 1 aliphatic rings. The lowest BCUT2D eigenvalue weighted by Gasteiger charge is -2.24. The van der Waals surface area contributed by atoms with Crippen LogP contribution in [0.15, 0.2) is 53.9 Å². The molecule has 0 spiro atoms. The third-order valence-corrected chi connectivity index (χ3v) is 6.71. The average molecular weight is 373 g/mol. The first-order valence-corrected chi connectivity index (χ1v) is 10.5. The number of benzene rings is 2. The van der Waals surface area contributed by atoms with E-state index < -0.39 is 0 Å². The van der Waals surface area contributed by atoms with Crippen molar-refractivity contribution in [2.75, 3.05) is 13.6 Å². The summed E-state index contributed by atoms with van der Waals surface area (Å²) in [6.45, 7) is 6.51. The first kappa shape index (κ1) is 16.8. The van der Waals surface area contributed by atoms with E-state index in [4.69, 9.17) is 0 Å². The smallest absolute Gasteiger partial charge is 0.0535 e. The van der Waals surface area contributed by atoms with Crippen molar-refractivity contribution in [1.29, 1.82) is 0 Å². The maximum absolute atomic E-state index is 2.50. The zero-order valence-electron chi connectivity index (χ0n) is 16.1. The lowest BCUT2D eigenvalue weighted by atomic mass is 10.0. The fraction of sp³-hybridized carbons (Fsp3) is 0.250. The van der Waals surface area contributed by atoms with Crippen LogP contribution in [0, 0.1) is 13.8 Å². The summed E-state index contributed by atoms with van der Waals surface area (Å²) in [6.07, 6.45) is 1.10. The third-order valence-electron chi connectivity index (χ3n) is 5.61. The molecule has 0 amide bonds. The molecular weight excluding hydrogens is 348 g/mol. The van der Waals surface area contributed by atoms with Gasteiger partial charge in [-0.15, -0.1) is 11.3 Å². The Balaban J connectivity index is 1.74. The van der Waals surface area contributed by atoms with Crippen LogP contribution in [0.1, 0.15) is 22.4 Å². The van der Waals surface area contributed by atoms with Crippen LogP contribution in [0.3, 0.4) is 0 Å². The first-order valence-electron chi connectivity index (χ1n) is 9.57. The fourth-order valence-electron chi connectivity index (χ4n) is 4.28. The summed E-state index contributed by atoms with van der Waals surface area (Å²) >= 11 is 1.83. The van der Waals surface area contributed by atoms with E-state index in [2.05, 4.69) is 84.3 Å². The molecule has 3 heterocycles. The van der Waals surface area contributed by atoms with Crippen LogP contribution in [-0.2, 0) is 13.0 Å². The molecule has 2 aromatic heterocycles. The first-order chi connectivity index (χ1) is 13.1. The minimum absolute atomic E-state index is 1.03. The van der Waals surface area contributed by atoms with Crippen molar-refractivity contribution in [2.24, 2.45) is 0 Å². The molecule has 0 radical (unpaired) electrons. The topological polar surface area (TPSA) is 8.17 Å². The van der Waals surface area contributed by atoms with Gasteiger partial charge in [-0.3, -0.25) is 0 Å². The Kier molecular flexibility index (Phi) is 3.96. The quantitative estimate of drug-likeness (QED) is 0.421. The molecule has 2 aromatic carbocycles. The maximum Gasteiger partial charge on any atom is 0.0535 e. The Morgan fingerprint density at radius 2 is 1.85 bits per heavy atom. The molecule has 0 atom stereocenters. The Bertz CT molecular complexity index is 1150. The highest BCUT2D eigenvalue weighted by Crippen LogP contribution is 2.35. The predicted octanol–water partition coefficient (Wildman–Crippen LogP) is 5.96. The minimum atomic E-state index is 1.03. The van der Waals surface area contributed by atoms with Crippen LogP contribution in [0.25, 0.3) is 27.0 Å². The SMILES string of the molecule is Cc1csc(-c2cccc(-n3c4c(c5cc(C)ccc53)CN(C)CC4)c2)c1. The van der Waals surface area contributed by atoms with E-state index in [1.54, 1.807) is 0 Å². The lowest BCUT2D eigenvalue weighted by Crippen LogP contribution is -2.27. The summed E-state index contributed by atoms with van der Waals surface area (Å²) < 4.78 is 2.50. The van der Waals surface area contributed by atoms with Gasteiger partial charge in [0, 0.05) is 41.2 Å². The number of aryl methyl sites for hydroxylation is 2. The zero-order valence-corrected chi connectivity index (χ0v) is 16.9. The Hall–Kier alpha value is -2.36. The number of fused-ring (bicyclic) bond motifs is 3. The molecule has 0 N–H and O–H groups in total. The molecule has 0 fully saturated rings. The van der Waals surface area contributed by atoms with Gasteiger partial charge in [-0.05, 0) is 73.3 Å². The zero-order chi connectivity index (χ0) is 18.5. The molecule has 0 aliphatic carbocycles. The lowest BCUT2D eigenvalue weighted by molar-refractivity contribution is 0.311. The Morgan fingerprint density at radius 1 is 0.963 bits per heavy atom. The summed E-state index contributed by atoms with van der Waals surface area (Å²) in [7, 11) is 2.22. The van der Waals surface area contributed by atoms with Crippen LogP contribution in [0.5, 0.6) is 0 Å². The summed E-state index contributed by atoms with van der Waals surface area (Å²) in [6, 6.07) is 18.2. The maximum atomic E-state index is 2.50. The van der Waals surface area contributed by atoms with E-state index in [-0.39, 0.29) is 0 Å². The second kappa shape index (κ2) is 6.36. The Labute approximate surface area is 164 Å². The van der Waals surface area contributed by atoms with E-state index in [0.717, 1.165) is 19.5 Å². The molecule has 2 nitrogen and oxygen atoms in total. The van der Waals surface area contributed by atoms with Crippen molar-refractivity contribution in [3.8, 4) is 16.1 Å². The number of likely N-dealkylation sites (N-methyl/N-ethyl adjacent to an activating group) is 1. The van der Waals surface area contributed by atoms with E-state index in [1.807, 2.05) is 11.3 Å². The second-order valence-electron chi connectivity index (χ2n) is 7.81. The van der Waals surface area contributed by atoms with Crippen LogP contribution in [-0.4, -0.2) is 23.1 Å². The number of rotatable bonds is 2. The average Bonchev–Trinajstić information content (AvgIpc) is 3.23. The molecule has 3 heteroatoms. The molecule has 136 valence electrons. The summed E-state index contributed by atoms with van der Waals surface area (Å²) in [5.74, 6) is 0. The summed E-state index contributed by atoms with van der Waals surface area (Å²) in [4.78, 5) is 3.77. The van der Waals surface area contributed by atoms with Crippen LogP contribution in [0.4, 0.5) is 0 Å². The number of aromatic nitrogens is 1. The standard InChI is InChI=1S/C24H24N2S/c1-16-7-8-22-20(11-16)21-14-25(3)10-9-23(21)26(22)19-6-4-5-18(13-19)24-12-17(2)15-27-24/h4-8,11-13,15H,9-10,14H2,1-3H3. The normalized spacial score (nSPS) is 14.6. The molecule has 27 heavy (non-hydrogen) atoms. The fourth-order valence-corrected chi connectivity index (χ4v) is 5.18. The molecule has 4 aromatic rings. The van der Waals surface area contributed by atoms with Gasteiger partial charge in [0.2, 0.25) is 0 Å². The van der Waals surface area contributed by atoms with Crippen molar-refractivity contribution >= 4 is 22.2 Å². The highest BCUT2D eigenvalue weighted by molar-refractivity contribution is 7.13. The third kappa shape index (κ3) is 2.82. The van der Waals surface area contributed by atoms with Gasteiger partial charge in [0.1, 0.15) is 0 Å². The van der Waals surface area contributed by atoms with Crippen molar-refractivity contribution in [3.63, 3.8) is 0 Å². The van der Waals surface area contributed by atoms with Crippen LogP contribution < -0.4 is 0 Å². The van der Waals surface area contributed by atoms with Crippen LogP contribution >= 0.6 is 11.3 Å². The molecule has 5 rings (SSSR count). The van der Waals surface area contributed by atoms with Crippen molar-refractivity contribution in [3.05, 3.63) is 76.3 Å². The van der Waals surface area contributed by atoms with E-state index in [1.165, 1.54) is 49.4 Å². The van der Waals surface area contributed by atoms with E-state index in [9.17, 15) is 0 Å². The van der Waals surface area contributed by atoms with Crippen molar-refractivity contribution in [2.45, 2.75) is 26.8 Å². The predicted molar refractivity (Wildman–Crippen MR) is 116 cm³/mol. The second-order valence-corrected chi connectivity index (χ2v) is 8.72. The van der Waals surface area contributed by atoms with Gasteiger partial charge in [-0.1, -0.05) is 23.8 Å². The number of thiophene rings is 1. The largest absolute Gasteiger partial charge is 0.313 e. The Morgan fingerprint density at radius 3 is 2.67 bits per heavy atom. The van der Waals surface area contributed by atoms with Gasteiger partial charge in [-0.2, -0.15) is 0 Å². The van der Waals surface area contributed by atoms with Gasteiger partial charge in [-0.25, -0.2) is 0 Å². The monoisotopic (exact) mass is 372 g/mol. The molecule has 0 bridgehead atoms. The minimum Gasteiger partial charge on any atom is -0.313 e. The highest BCUT2D eigenvalue weighted by atomic mass is 32.1. The van der Waals surface area contributed by atoms with E-state index >= 15 is 0 Å². The highest BCUT2D eigenvalue weighted by Gasteiger charge is 2.23. The summed E-state index contributed by atoms with van der Waals surface area (Å²) in [5, 5.41) is 3.64. The van der Waals surface area contributed by atoms with Crippen molar-refractivity contribution in [1.82, 2.24) is 9.47 Å². The number of hydrogen-bond acceptors (Lipinski definition) is 2. The van der Waals surface area contributed by atoms with Gasteiger partial charge >= 0.3 is 0 Å². The van der Waals surface area contributed by atoms with Gasteiger partial charge in [0.05, 0.1) is 5.52 Å². The van der Waals surface area contributed by atoms with Crippen molar-refractivity contribution < 1.29 is 0 Å². The molecule has 0 saturated heterocycles. The number of hydrogen-bond donors (Lipinski definition) is 0. The molecule has 0 saturated carbocycles. The van der Waals surface area contributed by atoms with Gasteiger partial charge < -0.3 is 9.47 Å². The molecular formula is C24H24N2S. The number of nitrogens with zero attached hydrogens (tertiary/aromatic N) is 2. The summed E-state index contributed by atoms with van der Waals surface area (Å²) in [5.41, 5.74) is 9.56. The van der Waals surface area contributed by atoms with Gasteiger partial charge in [0.25, 0.3) is 0 Å². The molecule has 1 aliphatic heterocycles.